The first-order valence-electron chi connectivity index (χ1n) is 7.09. The van der Waals surface area contributed by atoms with E-state index in [1.54, 1.807) is 0 Å². The van der Waals surface area contributed by atoms with Gasteiger partial charge in [0.05, 0.1) is 23.5 Å². The van der Waals surface area contributed by atoms with Gasteiger partial charge in [0.2, 0.25) is 0 Å². The van der Waals surface area contributed by atoms with Gasteiger partial charge in [0.15, 0.2) is 0 Å². The van der Waals surface area contributed by atoms with Gasteiger partial charge in [-0.2, -0.15) is 0 Å². The molecule has 0 radical (unpaired) electrons. The fourth-order valence-electron chi connectivity index (χ4n) is 3.17. The molecule has 2 unspecified atom stereocenters. The van der Waals surface area contributed by atoms with Crippen molar-refractivity contribution in [3.8, 4) is 0 Å². The number of nitrogen functional groups attached to an aromatic ring is 1. The molecule has 1 saturated carbocycles. The monoisotopic (exact) mass is 296 g/mol. The van der Waals surface area contributed by atoms with E-state index in [-0.39, 0.29) is 23.5 Å². The summed E-state index contributed by atoms with van der Waals surface area (Å²) in [6.45, 7) is 2.00. The van der Waals surface area contributed by atoms with Gasteiger partial charge in [-0.05, 0) is 30.9 Å². The van der Waals surface area contributed by atoms with Crippen LogP contribution in [0.15, 0.2) is 12.1 Å². The highest BCUT2D eigenvalue weighted by Crippen LogP contribution is 2.36. The van der Waals surface area contributed by atoms with Crippen molar-refractivity contribution in [2.45, 2.75) is 38.1 Å². The second-order valence-corrected chi connectivity index (χ2v) is 5.95. The molecule has 0 amide bonds. The second-order valence-electron chi connectivity index (χ2n) is 5.95. The summed E-state index contributed by atoms with van der Waals surface area (Å²) in [6.07, 6.45) is 3.51. The summed E-state index contributed by atoms with van der Waals surface area (Å²) < 4.78 is 13.5. The van der Waals surface area contributed by atoms with Gasteiger partial charge in [-0.15, -0.1) is 0 Å². The zero-order valence-corrected chi connectivity index (χ0v) is 12.0. The standard InChI is InChI=1S/C15H21FN2O3/c1-9-3-2-6-15(7-9,8-19)18-11-5-4-10(16)13(17)12(11)14(20)21/h4-5,9,18-19H,2-3,6-8,17H2,1H3,(H,20,21). The van der Waals surface area contributed by atoms with Crippen LogP contribution in [-0.2, 0) is 0 Å². The molecule has 5 N–H and O–H groups in total. The zero-order chi connectivity index (χ0) is 15.6. The van der Waals surface area contributed by atoms with Crippen LogP contribution >= 0.6 is 0 Å². The number of aliphatic hydroxyl groups excluding tert-OH is 1. The third-order valence-corrected chi connectivity index (χ3v) is 4.20. The Kier molecular flexibility index (Phi) is 4.37. The Hall–Kier alpha value is -1.82. The van der Waals surface area contributed by atoms with Crippen LogP contribution in [0.2, 0.25) is 0 Å². The number of nitrogens with two attached hydrogens (primary N) is 1. The van der Waals surface area contributed by atoms with Crippen molar-refractivity contribution in [2.75, 3.05) is 17.7 Å². The zero-order valence-electron chi connectivity index (χ0n) is 12.0. The third kappa shape index (κ3) is 3.10. The molecule has 1 aliphatic carbocycles. The van der Waals surface area contributed by atoms with Gasteiger partial charge in [0.25, 0.3) is 0 Å². The van der Waals surface area contributed by atoms with Crippen LogP contribution in [0.3, 0.4) is 0 Å². The van der Waals surface area contributed by atoms with Crippen LogP contribution in [0.5, 0.6) is 0 Å². The molecule has 5 nitrogen and oxygen atoms in total. The van der Waals surface area contributed by atoms with Gasteiger partial charge >= 0.3 is 5.97 Å². The van der Waals surface area contributed by atoms with E-state index < -0.39 is 17.3 Å². The summed E-state index contributed by atoms with van der Waals surface area (Å²) in [7, 11) is 0. The molecule has 0 aliphatic heterocycles. The molecule has 0 saturated heterocycles. The minimum absolute atomic E-state index is 0.103. The normalized spacial score (nSPS) is 25.6. The van der Waals surface area contributed by atoms with Crippen molar-refractivity contribution in [3.05, 3.63) is 23.5 Å². The Labute approximate surface area is 123 Å². The Morgan fingerprint density at radius 1 is 1.57 bits per heavy atom. The second kappa shape index (κ2) is 5.89. The van der Waals surface area contributed by atoms with Gasteiger partial charge in [-0.25, -0.2) is 9.18 Å². The van der Waals surface area contributed by atoms with Crippen molar-refractivity contribution in [3.63, 3.8) is 0 Å². The number of carboxylic acids is 1. The van der Waals surface area contributed by atoms with Gasteiger partial charge in [-0.1, -0.05) is 19.8 Å². The van der Waals surface area contributed by atoms with E-state index in [2.05, 4.69) is 12.2 Å². The topological polar surface area (TPSA) is 95.6 Å². The first-order chi connectivity index (χ1) is 9.88. The maximum atomic E-state index is 13.5. The van der Waals surface area contributed by atoms with Gasteiger partial charge < -0.3 is 21.3 Å². The number of hydrogen-bond donors (Lipinski definition) is 4. The number of carbonyl (C=O) groups is 1. The molecule has 2 atom stereocenters. The summed E-state index contributed by atoms with van der Waals surface area (Å²) >= 11 is 0. The summed E-state index contributed by atoms with van der Waals surface area (Å²) in [5.74, 6) is -1.61. The van der Waals surface area contributed by atoms with E-state index in [9.17, 15) is 19.4 Å². The number of hydrogen-bond acceptors (Lipinski definition) is 4. The summed E-state index contributed by atoms with van der Waals surface area (Å²) in [4.78, 5) is 11.3. The predicted octanol–water partition coefficient (Wildman–Crippen LogP) is 2.46. The molecule has 116 valence electrons. The molecular formula is C15H21FN2O3. The number of carboxylic acid groups (broad SMARTS) is 1. The molecule has 0 aromatic heterocycles. The van der Waals surface area contributed by atoms with Crippen LogP contribution in [-0.4, -0.2) is 28.3 Å². The van der Waals surface area contributed by atoms with E-state index in [0.29, 0.717) is 5.92 Å². The third-order valence-electron chi connectivity index (χ3n) is 4.20. The SMILES string of the molecule is CC1CCCC(CO)(Nc2ccc(F)c(N)c2C(=O)O)C1. The van der Waals surface area contributed by atoms with Crippen LogP contribution in [0.4, 0.5) is 15.8 Å². The lowest BCUT2D eigenvalue weighted by Gasteiger charge is -2.40. The lowest BCUT2D eigenvalue weighted by atomic mass is 9.76. The minimum atomic E-state index is -1.29. The molecule has 1 aromatic rings. The molecule has 1 aromatic carbocycles. The number of rotatable bonds is 4. The molecule has 0 heterocycles. The fourth-order valence-corrected chi connectivity index (χ4v) is 3.17. The van der Waals surface area contributed by atoms with E-state index in [1.807, 2.05) is 0 Å². The molecular weight excluding hydrogens is 275 g/mol. The number of nitrogens with one attached hydrogen (secondary N) is 1. The van der Waals surface area contributed by atoms with Gasteiger partial charge in [-0.3, -0.25) is 0 Å². The number of benzene rings is 1. The Morgan fingerprint density at radius 2 is 2.29 bits per heavy atom. The highest BCUT2D eigenvalue weighted by molar-refractivity contribution is 6.00. The largest absolute Gasteiger partial charge is 0.478 e. The number of halogens is 1. The molecule has 0 spiro atoms. The van der Waals surface area contributed by atoms with E-state index >= 15 is 0 Å². The minimum Gasteiger partial charge on any atom is -0.478 e. The Morgan fingerprint density at radius 3 is 2.86 bits per heavy atom. The number of anilines is 2. The highest BCUT2D eigenvalue weighted by Gasteiger charge is 2.35. The molecule has 6 heteroatoms. The summed E-state index contributed by atoms with van der Waals surface area (Å²) in [5, 5.41) is 22.1. The maximum absolute atomic E-state index is 13.5. The molecule has 21 heavy (non-hydrogen) atoms. The number of aromatic carboxylic acids is 1. The fraction of sp³-hybridized carbons (Fsp3) is 0.533. The quantitative estimate of drug-likeness (QED) is 0.640. The summed E-state index contributed by atoms with van der Waals surface area (Å²) in [5.41, 5.74) is 4.56. The lowest BCUT2D eigenvalue weighted by Crippen LogP contribution is -2.46. The van der Waals surface area contributed by atoms with E-state index in [0.717, 1.165) is 31.7 Å². The summed E-state index contributed by atoms with van der Waals surface area (Å²) in [6, 6.07) is 2.51. The van der Waals surface area contributed by atoms with Crippen LogP contribution in [0, 0.1) is 11.7 Å². The predicted molar refractivity (Wildman–Crippen MR) is 78.8 cm³/mol. The average Bonchev–Trinajstić information content (AvgIpc) is 2.42. The first kappa shape index (κ1) is 15.6. The first-order valence-corrected chi connectivity index (χ1v) is 7.09. The Balaban J connectivity index is 2.38. The Bertz CT molecular complexity index is 550. The van der Waals surface area contributed by atoms with Crippen LogP contribution in [0.25, 0.3) is 0 Å². The molecule has 2 rings (SSSR count). The van der Waals surface area contributed by atoms with Gasteiger partial charge in [0.1, 0.15) is 11.4 Å². The lowest BCUT2D eigenvalue weighted by molar-refractivity contribution is 0.0698. The molecule has 1 fully saturated rings. The van der Waals surface area contributed by atoms with E-state index in [1.165, 1.54) is 6.07 Å². The van der Waals surface area contributed by atoms with Gasteiger partial charge in [0, 0.05) is 0 Å². The van der Waals surface area contributed by atoms with Crippen molar-refractivity contribution in [1.82, 2.24) is 0 Å². The molecule has 0 bridgehead atoms. The van der Waals surface area contributed by atoms with Crippen molar-refractivity contribution in [1.29, 1.82) is 0 Å². The van der Waals surface area contributed by atoms with Crippen LogP contribution in [0.1, 0.15) is 43.0 Å². The highest BCUT2D eigenvalue weighted by atomic mass is 19.1. The van der Waals surface area contributed by atoms with Crippen molar-refractivity contribution < 1.29 is 19.4 Å². The van der Waals surface area contributed by atoms with Crippen molar-refractivity contribution >= 4 is 17.3 Å². The van der Waals surface area contributed by atoms with Crippen LogP contribution < -0.4 is 11.1 Å². The maximum Gasteiger partial charge on any atom is 0.340 e. The number of aliphatic hydroxyl groups is 1. The molecule has 1 aliphatic rings. The van der Waals surface area contributed by atoms with E-state index in [4.69, 9.17) is 5.73 Å². The smallest absolute Gasteiger partial charge is 0.340 e. The average molecular weight is 296 g/mol. The van der Waals surface area contributed by atoms with Crippen molar-refractivity contribution in [2.24, 2.45) is 5.92 Å².